The molecule has 1 aliphatic rings. The van der Waals surface area contributed by atoms with Crippen molar-refractivity contribution in [3.63, 3.8) is 0 Å². The summed E-state index contributed by atoms with van der Waals surface area (Å²) in [5, 5.41) is 11.4. The number of rotatable bonds is 10. The number of allylic oxidation sites excluding steroid dienone is 3. The molecule has 1 amide bonds. The minimum absolute atomic E-state index is 0.109. The average molecular weight is 481 g/mol. The third-order valence-corrected chi connectivity index (χ3v) is 6.16. The minimum atomic E-state index is -3.13. The Bertz CT molecular complexity index is 1130. The molecular formula is C28H34F2N4O. The van der Waals surface area contributed by atoms with Crippen LogP contribution in [-0.4, -0.2) is 34.6 Å². The second kappa shape index (κ2) is 11.4. The van der Waals surface area contributed by atoms with Crippen LogP contribution in [0.5, 0.6) is 0 Å². The van der Waals surface area contributed by atoms with Gasteiger partial charge >= 0.3 is 0 Å². The van der Waals surface area contributed by atoms with Crippen molar-refractivity contribution in [2.45, 2.75) is 58.8 Å². The first-order valence-electron chi connectivity index (χ1n) is 12.1. The Hall–Kier alpha value is -3.35. The van der Waals surface area contributed by atoms with Gasteiger partial charge < -0.3 is 15.6 Å². The number of nitrogens with one attached hydrogen (secondary N) is 2. The molecule has 3 rings (SSSR count). The van der Waals surface area contributed by atoms with Gasteiger partial charge in [0.1, 0.15) is 5.69 Å². The predicted octanol–water partition coefficient (Wildman–Crippen LogP) is 6.96. The van der Waals surface area contributed by atoms with Gasteiger partial charge in [0.25, 0.3) is 11.8 Å². The van der Waals surface area contributed by atoms with E-state index in [-0.39, 0.29) is 5.56 Å². The maximum atomic E-state index is 13.6. The Morgan fingerprint density at radius 1 is 1.26 bits per heavy atom. The van der Waals surface area contributed by atoms with Crippen LogP contribution in [0.25, 0.3) is 5.57 Å². The van der Waals surface area contributed by atoms with E-state index in [2.05, 4.69) is 28.7 Å². The highest BCUT2D eigenvalue weighted by Gasteiger charge is 2.27. The molecule has 0 aliphatic carbocycles. The van der Waals surface area contributed by atoms with E-state index in [1.165, 1.54) is 12.3 Å². The van der Waals surface area contributed by atoms with Gasteiger partial charge in [-0.15, -0.1) is 0 Å². The fourth-order valence-corrected chi connectivity index (χ4v) is 4.11. The Morgan fingerprint density at radius 3 is 2.63 bits per heavy atom. The number of benzene rings is 1. The molecule has 1 saturated heterocycles. The molecule has 1 aliphatic heterocycles. The summed E-state index contributed by atoms with van der Waals surface area (Å²) in [6.07, 6.45) is 8.16. The van der Waals surface area contributed by atoms with E-state index in [0.29, 0.717) is 11.4 Å². The Kier molecular flexibility index (Phi) is 8.54. The molecule has 0 atom stereocenters. The van der Waals surface area contributed by atoms with Gasteiger partial charge in [-0.2, -0.15) is 8.78 Å². The number of anilines is 1. The lowest BCUT2D eigenvalue weighted by Gasteiger charge is -2.23. The minimum Gasteiger partial charge on any atom is -0.370 e. The molecule has 2 aromatic rings. The number of aryl methyl sites for hydroxylation is 1. The molecule has 2 N–H and O–H groups in total. The molecule has 2 heterocycles. The molecule has 1 aromatic heterocycles. The molecule has 0 saturated carbocycles. The second-order valence-electron chi connectivity index (χ2n) is 9.13. The Labute approximate surface area is 206 Å². The first-order valence-corrected chi connectivity index (χ1v) is 12.1. The van der Waals surface area contributed by atoms with Crippen molar-refractivity contribution in [3.8, 4) is 0 Å². The van der Waals surface area contributed by atoms with Gasteiger partial charge in [0, 0.05) is 37.5 Å². The normalized spacial score (nSPS) is 14.2. The number of amides is 1. The number of aromatic nitrogens is 1. The summed E-state index contributed by atoms with van der Waals surface area (Å²) in [6.45, 7) is 11.0. The van der Waals surface area contributed by atoms with Crippen LogP contribution >= 0.6 is 0 Å². The maximum Gasteiger partial charge on any atom is 0.286 e. The quantitative estimate of drug-likeness (QED) is 0.285. The monoisotopic (exact) mass is 480 g/mol. The van der Waals surface area contributed by atoms with Crippen LogP contribution in [0.3, 0.4) is 0 Å². The largest absolute Gasteiger partial charge is 0.370 e. The highest BCUT2D eigenvalue weighted by molar-refractivity contribution is 6.04. The number of pyridine rings is 1. The Balaban J connectivity index is 1.84. The lowest BCUT2D eigenvalue weighted by Crippen LogP contribution is -2.24. The summed E-state index contributed by atoms with van der Waals surface area (Å²) in [5.74, 6) is -3.62. The van der Waals surface area contributed by atoms with Crippen molar-refractivity contribution in [2.75, 3.05) is 18.4 Å². The van der Waals surface area contributed by atoms with Gasteiger partial charge in [-0.3, -0.25) is 9.78 Å². The number of unbranched alkanes of at least 4 members (excludes halogenated alkanes) is 1. The summed E-state index contributed by atoms with van der Waals surface area (Å²) in [7, 11) is 0. The molecule has 0 spiro atoms. The topological polar surface area (TPSA) is 69.1 Å². The van der Waals surface area contributed by atoms with Gasteiger partial charge in [-0.25, -0.2) is 0 Å². The number of carbonyl (C=O) groups excluding carboxylic acids is 1. The number of alkyl halides is 2. The van der Waals surface area contributed by atoms with E-state index in [9.17, 15) is 13.6 Å². The smallest absolute Gasteiger partial charge is 0.286 e. The van der Waals surface area contributed by atoms with Crippen LogP contribution < -0.4 is 5.32 Å². The molecule has 0 unspecified atom stereocenters. The van der Waals surface area contributed by atoms with Gasteiger partial charge in [0.15, 0.2) is 0 Å². The first-order chi connectivity index (χ1) is 16.6. The molecular weight excluding hydrogens is 446 g/mol. The van der Waals surface area contributed by atoms with Crippen molar-refractivity contribution < 1.29 is 13.6 Å². The van der Waals surface area contributed by atoms with E-state index in [0.717, 1.165) is 80.6 Å². The molecule has 186 valence electrons. The lowest BCUT2D eigenvalue weighted by atomic mass is 9.98. The Morgan fingerprint density at radius 2 is 1.97 bits per heavy atom. The average Bonchev–Trinajstić information content (AvgIpc) is 3.36. The zero-order valence-corrected chi connectivity index (χ0v) is 20.8. The molecule has 7 heteroatoms. The summed E-state index contributed by atoms with van der Waals surface area (Å²) in [4.78, 5) is 18.7. The zero-order chi connectivity index (χ0) is 25.6. The van der Waals surface area contributed by atoms with Crippen LogP contribution in [0.4, 0.5) is 14.5 Å². The van der Waals surface area contributed by atoms with E-state index in [1.54, 1.807) is 6.07 Å². The third kappa shape index (κ3) is 6.84. The van der Waals surface area contributed by atoms with Gasteiger partial charge in [0.05, 0.1) is 11.4 Å². The van der Waals surface area contributed by atoms with E-state index in [1.807, 2.05) is 25.1 Å². The van der Waals surface area contributed by atoms with Crippen LogP contribution in [0.2, 0.25) is 0 Å². The number of hydrogen-bond donors (Lipinski definition) is 2. The highest BCUT2D eigenvalue weighted by Crippen LogP contribution is 2.28. The van der Waals surface area contributed by atoms with Crippen molar-refractivity contribution in [1.29, 1.82) is 5.41 Å². The van der Waals surface area contributed by atoms with E-state index in [4.69, 9.17) is 5.41 Å². The highest BCUT2D eigenvalue weighted by atomic mass is 19.3. The fraction of sp³-hybridized carbons (Fsp3) is 0.393. The zero-order valence-electron chi connectivity index (χ0n) is 20.8. The summed E-state index contributed by atoms with van der Waals surface area (Å²) in [5.41, 5.74) is 4.35. The SMILES string of the molecule is C=C(/C=C(\C(=N)CCCC)N1CCCC1)c1cc(NC(=O)c2ccnc(C(C)(F)F)c2)ccc1C. The van der Waals surface area contributed by atoms with Crippen LogP contribution in [0, 0.1) is 12.3 Å². The number of likely N-dealkylation sites (tertiary alicyclic amines) is 1. The van der Waals surface area contributed by atoms with Gasteiger partial charge in [-0.1, -0.05) is 26.0 Å². The molecule has 0 bridgehead atoms. The van der Waals surface area contributed by atoms with Gasteiger partial charge in [0.2, 0.25) is 0 Å². The van der Waals surface area contributed by atoms with Crippen LogP contribution in [0.1, 0.15) is 73.1 Å². The molecule has 35 heavy (non-hydrogen) atoms. The van der Waals surface area contributed by atoms with E-state index >= 15 is 0 Å². The van der Waals surface area contributed by atoms with E-state index < -0.39 is 17.5 Å². The predicted molar refractivity (Wildman–Crippen MR) is 138 cm³/mol. The first kappa shape index (κ1) is 26.3. The van der Waals surface area contributed by atoms with Crippen molar-refractivity contribution in [2.24, 2.45) is 0 Å². The molecule has 1 aromatic carbocycles. The van der Waals surface area contributed by atoms with Crippen molar-refractivity contribution in [1.82, 2.24) is 9.88 Å². The van der Waals surface area contributed by atoms with Crippen molar-refractivity contribution in [3.05, 3.63) is 77.3 Å². The van der Waals surface area contributed by atoms with Crippen LogP contribution in [-0.2, 0) is 5.92 Å². The van der Waals surface area contributed by atoms with Gasteiger partial charge in [-0.05, 0) is 79.6 Å². The number of nitrogens with zero attached hydrogens (tertiary/aromatic N) is 2. The summed E-state index contributed by atoms with van der Waals surface area (Å²) >= 11 is 0. The number of halogens is 2. The molecule has 1 fully saturated rings. The third-order valence-electron chi connectivity index (χ3n) is 6.16. The standard InChI is InChI=1S/C28H34F2N4O/c1-5-6-9-24(31)25(34-14-7-8-15-34)16-20(3)23-18-22(11-10-19(23)2)33-27(35)21-12-13-32-26(17-21)28(4,29)30/h10-13,16-18,31H,3,5-9,14-15H2,1-2,4H3,(H,33,35)/b25-16+,31-24?. The molecule has 5 nitrogen and oxygen atoms in total. The maximum absolute atomic E-state index is 13.6. The fourth-order valence-electron chi connectivity index (χ4n) is 4.11. The van der Waals surface area contributed by atoms with Crippen molar-refractivity contribution >= 4 is 22.9 Å². The summed E-state index contributed by atoms with van der Waals surface area (Å²) in [6, 6.07) is 8.01. The second-order valence-corrected chi connectivity index (χ2v) is 9.13. The summed E-state index contributed by atoms with van der Waals surface area (Å²) < 4.78 is 27.2. The lowest BCUT2D eigenvalue weighted by molar-refractivity contribution is 0.0127. The molecule has 0 radical (unpaired) electrons. The number of carbonyl (C=O) groups is 1. The van der Waals surface area contributed by atoms with Crippen LogP contribution in [0.15, 0.2) is 54.9 Å². The number of hydrogen-bond acceptors (Lipinski definition) is 4.